The van der Waals surface area contributed by atoms with Gasteiger partial charge in [0.25, 0.3) is 0 Å². The van der Waals surface area contributed by atoms with Gasteiger partial charge in [-0.15, -0.1) is 0 Å². The fourth-order valence-corrected chi connectivity index (χ4v) is 6.82. The molecular formula is C41H50N2O10. The van der Waals surface area contributed by atoms with Crippen molar-refractivity contribution in [3.05, 3.63) is 100 Å². The minimum Gasteiger partial charge on any atom is -0.478 e. The molecule has 1 heterocycles. The van der Waals surface area contributed by atoms with Crippen molar-refractivity contribution in [3.8, 4) is 0 Å². The van der Waals surface area contributed by atoms with Crippen molar-refractivity contribution in [1.29, 1.82) is 0 Å². The molecule has 2 bridgehead atoms. The third-order valence-electron chi connectivity index (χ3n) is 9.82. The van der Waals surface area contributed by atoms with E-state index < -0.39 is 42.2 Å². The Balaban J connectivity index is 0.000000238. The highest BCUT2D eigenvalue weighted by Crippen LogP contribution is 2.49. The number of carboxylic acids is 2. The molecule has 4 atom stereocenters. The van der Waals surface area contributed by atoms with Gasteiger partial charge in [0, 0.05) is 18.3 Å². The third kappa shape index (κ3) is 10.7. The van der Waals surface area contributed by atoms with Gasteiger partial charge in [-0.1, -0.05) is 81.0 Å². The van der Waals surface area contributed by atoms with Crippen LogP contribution in [0.4, 0.5) is 10.5 Å². The van der Waals surface area contributed by atoms with E-state index in [4.69, 9.17) is 9.47 Å². The van der Waals surface area contributed by atoms with Gasteiger partial charge in [-0.3, -0.25) is 9.80 Å². The smallest absolute Gasteiger partial charge is 0.411 e. The number of carboxylic acid groups (broad SMARTS) is 3. The number of likely N-dealkylation sites (tertiary alicyclic amines) is 1. The molecular weight excluding hydrogens is 680 g/mol. The van der Waals surface area contributed by atoms with E-state index in [1.807, 2.05) is 6.07 Å². The molecule has 53 heavy (non-hydrogen) atoms. The summed E-state index contributed by atoms with van der Waals surface area (Å²) in [6.07, 6.45) is 2.84. The Kier molecular flexibility index (Phi) is 14.5. The molecule has 0 spiro atoms. The summed E-state index contributed by atoms with van der Waals surface area (Å²) in [4.78, 5) is 63.2. The van der Waals surface area contributed by atoms with Crippen molar-refractivity contribution in [3.63, 3.8) is 0 Å². The van der Waals surface area contributed by atoms with Crippen LogP contribution in [0.25, 0.3) is 0 Å². The summed E-state index contributed by atoms with van der Waals surface area (Å²) in [5, 5.41) is 28.3. The molecule has 3 aromatic carbocycles. The van der Waals surface area contributed by atoms with Gasteiger partial charge in [0.1, 0.15) is 0 Å². The number of rotatable bonds is 15. The van der Waals surface area contributed by atoms with E-state index in [9.17, 15) is 39.3 Å². The summed E-state index contributed by atoms with van der Waals surface area (Å²) >= 11 is 0. The molecule has 5 rings (SSSR count). The molecule has 0 aromatic heterocycles. The van der Waals surface area contributed by atoms with Gasteiger partial charge in [-0.05, 0) is 99.6 Å². The number of esters is 2. The number of aliphatic carboxylic acids is 2. The highest BCUT2D eigenvalue weighted by Gasteiger charge is 2.41. The Labute approximate surface area is 310 Å². The number of nitrogens with zero attached hydrogens (tertiary/aromatic N) is 2. The van der Waals surface area contributed by atoms with Gasteiger partial charge in [0.05, 0.1) is 11.1 Å². The lowest BCUT2D eigenvalue weighted by molar-refractivity contribution is -0.166. The van der Waals surface area contributed by atoms with Gasteiger partial charge in [0.15, 0.2) is 0 Å². The minimum atomic E-state index is -2.22. The van der Waals surface area contributed by atoms with E-state index >= 15 is 0 Å². The van der Waals surface area contributed by atoms with Gasteiger partial charge in [0.2, 0.25) is 12.2 Å². The number of carbonyl (C=O) groups is 5. The van der Waals surface area contributed by atoms with Crippen LogP contribution in [0.15, 0.2) is 66.7 Å². The second-order valence-electron chi connectivity index (χ2n) is 13.6. The quantitative estimate of drug-likeness (QED) is 0.104. The maximum Gasteiger partial charge on any atom is 0.411 e. The largest absolute Gasteiger partial charge is 0.478 e. The second-order valence-corrected chi connectivity index (χ2v) is 13.6. The zero-order valence-electron chi connectivity index (χ0n) is 30.8. The summed E-state index contributed by atoms with van der Waals surface area (Å²) in [6.45, 7) is 10.9. The maximum absolute atomic E-state index is 12.2. The Hall–Kier alpha value is -5.23. The number of unbranched alkanes of at least 4 members (excludes halogenated alkanes) is 4. The molecule has 3 aromatic rings. The van der Waals surface area contributed by atoms with Gasteiger partial charge in [-0.2, -0.15) is 0 Å². The van der Waals surface area contributed by atoms with Crippen LogP contribution in [0.2, 0.25) is 0 Å². The van der Waals surface area contributed by atoms with Gasteiger partial charge >= 0.3 is 30.0 Å². The Morgan fingerprint density at radius 2 is 1.26 bits per heavy atom. The predicted octanol–water partition coefficient (Wildman–Crippen LogP) is 7.62. The van der Waals surface area contributed by atoms with Gasteiger partial charge < -0.3 is 24.8 Å². The normalized spacial score (nSPS) is 17.0. The monoisotopic (exact) mass is 730 g/mol. The van der Waals surface area contributed by atoms with Crippen LogP contribution in [0.5, 0.6) is 0 Å². The molecule has 2 aliphatic rings. The summed E-state index contributed by atoms with van der Waals surface area (Å²) < 4.78 is 9.64. The van der Waals surface area contributed by atoms with Gasteiger partial charge in [-0.25, -0.2) is 24.0 Å². The van der Waals surface area contributed by atoms with E-state index in [0.29, 0.717) is 18.5 Å². The first kappa shape index (κ1) is 40.5. The van der Waals surface area contributed by atoms with Crippen LogP contribution in [-0.2, 0) is 19.1 Å². The average molecular weight is 731 g/mol. The summed E-state index contributed by atoms with van der Waals surface area (Å²) in [6, 6.07) is 19.0. The molecule has 2 unspecified atom stereocenters. The first-order chi connectivity index (χ1) is 25.3. The number of ether oxygens (including phenoxy) is 2. The van der Waals surface area contributed by atoms with Crippen molar-refractivity contribution in [2.24, 2.45) is 0 Å². The predicted molar refractivity (Wildman–Crippen MR) is 199 cm³/mol. The van der Waals surface area contributed by atoms with E-state index in [1.54, 1.807) is 43.0 Å². The highest BCUT2D eigenvalue weighted by molar-refractivity contribution is 5.95. The van der Waals surface area contributed by atoms with Crippen molar-refractivity contribution in [2.45, 2.75) is 96.8 Å². The average Bonchev–Trinajstić information content (AvgIpc) is 3.42. The summed E-state index contributed by atoms with van der Waals surface area (Å²) in [7, 11) is 0. The number of piperidine rings is 1. The van der Waals surface area contributed by atoms with Crippen LogP contribution in [0.3, 0.4) is 0 Å². The number of hydrogen-bond donors (Lipinski definition) is 3. The Bertz CT molecular complexity index is 1660. The molecule has 1 aliphatic carbocycles. The van der Waals surface area contributed by atoms with Crippen LogP contribution in [0.1, 0.15) is 114 Å². The van der Waals surface area contributed by atoms with E-state index in [2.05, 4.69) is 30.9 Å². The molecule has 0 saturated carbocycles. The molecule has 12 nitrogen and oxygen atoms in total. The van der Waals surface area contributed by atoms with Crippen molar-refractivity contribution >= 4 is 35.7 Å². The molecule has 1 amide bonds. The fraction of sp³-hybridized carbons (Fsp3) is 0.439. The standard InChI is InChI=1S/C21H32N2O2.C20H18O8/c1-3-5-6-7-8-12-23(21(24)25)17-9-10-18-19(15-17)16-11-13-22(4-2)20(18)14-16;1-11-3-7-13(8-4-11)19(25)27-15(17(21)22)16(18(23)24)28-20(26)14-9-5-12(2)6-10-14/h9-10,15-16,20H,3-8,11-14H2,1-2H3,(H,24,25);3-10,15-16H,1-2H3,(H,21,22)(H,23,24)/t;15-,16-/m.1/s1. The zero-order chi connectivity index (χ0) is 38.7. The number of benzene rings is 3. The topological polar surface area (TPSA) is 171 Å². The molecule has 3 N–H and O–H groups in total. The summed E-state index contributed by atoms with van der Waals surface area (Å²) in [5.41, 5.74) is 5.48. The molecule has 1 saturated heterocycles. The molecule has 1 fully saturated rings. The number of aryl methyl sites for hydroxylation is 2. The number of amides is 1. The number of fused-ring (bicyclic) bond motifs is 5. The second kappa shape index (κ2) is 19.0. The third-order valence-corrected chi connectivity index (χ3v) is 9.82. The lowest BCUT2D eigenvalue weighted by Crippen LogP contribution is -2.45. The van der Waals surface area contributed by atoms with Crippen LogP contribution < -0.4 is 4.90 Å². The number of hydrogen-bond acceptors (Lipinski definition) is 8. The van der Waals surface area contributed by atoms with E-state index in [-0.39, 0.29) is 11.1 Å². The molecule has 1 aliphatic heterocycles. The van der Waals surface area contributed by atoms with Crippen molar-refractivity contribution in [2.75, 3.05) is 24.5 Å². The van der Waals surface area contributed by atoms with E-state index in [1.165, 1.54) is 67.5 Å². The lowest BCUT2D eigenvalue weighted by Gasteiger charge is -2.32. The number of carbonyl (C=O) groups excluding carboxylic acids is 2. The Morgan fingerprint density at radius 1 is 0.736 bits per heavy atom. The molecule has 12 heteroatoms. The van der Waals surface area contributed by atoms with Crippen LogP contribution in [0, 0.1) is 13.8 Å². The van der Waals surface area contributed by atoms with Crippen LogP contribution in [-0.4, -0.2) is 82.0 Å². The maximum atomic E-state index is 12.2. The number of anilines is 1. The highest BCUT2D eigenvalue weighted by atomic mass is 16.6. The first-order valence-corrected chi connectivity index (χ1v) is 18.2. The lowest BCUT2D eigenvalue weighted by atomic mass is 9.95. The summed E-state index contributed by atoms with van der Waals surface area (Å²) in [5.74, 6) is -5.01. The van der Waals surface area contributed by atoms with Crippen LogP contribution >= 0.6 is 0 Å². The first-order valence-electron chi connectivity index (χ1n) is 18.2. The van der Waals surface area contributed by atoms with Crippen molar-refractivity contribution in [1.82, 2.24) is 4.90 Å². The molecule has 0 radical (unpaired) electrons. The van der Waals surface area contributed by atoms with E-state index in [0.717, 1.165) is 42.7 Å². The fourth-order valence-electron chi connectivity index (χ4n) is 6.82. The Morgan fingerprint density at radius 3 is 1.74 bits per heavy atom. The molecule has 284 valence electrons. The minimum absolute atomic E-state index is 0.0332. The van der Waals surface area contributed by atoms with Crippen molar-refractivity contribution < 1.29 is 48.8 Å². The zero-order valence-corrected chi connectivity index (χ0v) is 30.8. The SMILES string of the molecule is CCCCCCCN(C(=O)O)c1ccc2c(c1)C1CCN(CC)C2C1.Cc1ccc(C(=O)O[C@@H](C(=O)O)[C@@H](OC(=O)c2ccc(C)cc2)C(=O)O)cc1.